The van der Waals surface area contributed by atoms with Crippen molar-refractivity contribution in [3.63, 3.8) is 0 Å². The number of carbonyl (C=O) groups excluding carboxylic acids is 3. The van der Waals surface area contributed by atoms with E-state index in [4.69, 9.17) is 5.73 Å². The smallest absolute Gasteiger partial charge is 0.280 e. The number of nitrogens with two attached hydrogens (primary N) is 1. The summed E-state index contributed by atoms with van der Waals surface area (Å²) < 4.78 is 0. The zero-order valence-corrected chi connectivity index (χ0v) is 13.1. The first-order chi connectivity index (χ1) is 11.6. The maximum absolute atomic E-state index is 12.0. The van der Waals surface area contributed by atoms with Crippen LogP contribution in [0.1, 0.15) is 30.2 Å². The van der Waals surface area contributed by atoms with Gasteiger partial charge in [-0.25, -0.2) is 0 Å². The molecule has 0 aromatic heterocycles. The van der Waals surface area contributed by atoms with Gasteiger partial charge in [0.1, 0.15) is 0 Å². The van der Waals surface area contributed by atoms with Gasteiger partial charge in [-0.15, -0.1) is 0 Å². The summed E-state index contributed by atoms with van der Waals surface area (Å²) in [7, 11) is 0. The molecule has 8 N–H and O–H groups in total. The van der Waals surface area contributed by atoms with Crippen LogP contribution in [0.15, 0.2) is 0 Å². The van der Waals surface area contributed by atoms with Crippen molar-refractivity contribution in [2.75, 3.05) is 5.73 Å². The Hall–Kier alpha value is -3.05. The number of nitrogen functional groups attached to an aromatic ring is 1. The number of anilines is 1. The lowest BCUT2D eigenvalue weighted by atomic mass is 9.96. The average molecular weight is 355 g/mol. The highest BCUT2D eigenvalue weighted by atomic mass is 16.4. The van der Waals surface area contributed by atoms with E-state index in [1.807, 2.05) is 5.32 Å². The maximum Gasteiger partial charge on any atom is 0.280 e. The summed E-state index contributed by atoms with van der Waals surface area (Å²) >= 11 is 0. The normalized spacial score (nSPS) is 21.6. The maximum atomic E-state index is 12.0. The Morgan fingerprint density at radius 3 is 2.36 bits per heavy atom. The Kier molecular flexibility index (Phi) is 4.47. The molecule has 11 heteroatoms. The first kappa shape index (κ1) is 18.3. The van der Waals surface area contributed by atoms with Crippen LogP contribution in [0.25, 0.3) is 0 Å². The van der Waals surface area contributed by atoms with Crippen molar-refractivity contribution in [3.8, 4) is 17.2 Å². The van der Waals surface area contributed by atoms with Gasteiger partial charge in [0.2, 0.25) is 23.8 Å². The molecule has 1 aromatic carbocycles. The number of nitrogens with zero attached hydrogens (tertiary/aromatic N) is 1. The Morgan fingerprint density at radius 1 is 1.24 bits per heavy atom. The Bertz CT molecular complexity index is 736. The van der Waals surface area contributed by atoms with Gasteiger partial charge in [0.25, 0.3) is 5.91 Å². The fraction of sp³-hybridized carbons (Fsp3) is 0.357. The zero-order valence-electron chi connectivity index (χ0n) is 13.1. The molecule has 0 spiro atoms. The van der Waals surface area contributed by atoms with Crippen LogP contribution >= 0.6 is 0 Å². The average Bonchev–Trinajstić information content (AvgIpc) is 2.56. The largest absolute Gasteiger partial charge is 0.504 e. The predicted octanol–water partition coefficient (Wildman–Crippen LogP) is -1.73. The van der Waals surface area contributed by atoms with Gasteiger partial charge >= 0.3 is 0 Å². The van der Waals surface area contributed by atoms with Crippen LogP contribution in [0, 0.1) is 6.92 Å². The topological polar surface area (TPSA) is 194 Å². The van der Waals surface area contributed by atoms with E-state index >= 15 is 0 Å². The molecule has 2 rings (SSSR count). The van der Waals surface area contributed by atoms with Crippen LogP contribution < -0.4 is 11.1 Å². The second-order valence-corrected chi connectivity index (χ2v) is 5.58. The monoisotopic (exact) mass is 355 g/mol. The molecule has 1 aromatic rings. The number of imide groups is 1. The fourth-order valence-corrected chi connectivity index (χ4v) is 2.63. The number of hydrogen-bond acceptors (Lipinski definition) is 9. The Morgan fingerprint density at radius 2 is 1.84 bits per heavy atom. The van der Waals surface area contributed by atoms with Gasteiger partial charge in [-0.3, -0.25) is 24.6 Å². The van der Waals surface area contributed by atoms with E-state index in [2.05, 4.69) is 0 Å². The van der Waals surface area contributed by atoms with E-state index in [9.17, 15) is 39.9 Å². The number of carbonyl (C=O) groups is 3. The highest BCUT2D eigenvalue weighted by Gasteiger charge is 2.49. The van der Waals surface area contributed by atoms with Crippen LogP contribution in [-0.4, -0.2) is 54.4 Å². The number of aliphatic hydroxyl groups excluding tert-OH is 1. The molecule has 2 atom stereocenters. The molecule has 11 nitrogen and oxygen atoms in total. The van der Waals surface area contributed by atoms with Gasteiger partial charge in [0.15, 0.2) is 17.7 Å². The number of aliphatic hydroxyl groups is 2. The van der Waals surface area contributed by atoms with Gasteiger partial charge < -0.3 is 31.3 Å². The summed E-state index contributed by atoms with van der Waals surface area (Å²) in [5.41, 5.74) is 1.89. The molecule has 1 saturated heterocycles. The highest BCUT2D eigenvalue weighted by molar-refractivity contribution is 6.02. The van der Waals surface area contributed by atoms with Crippen LogP contribution in [0.3, 0.4) is 0 Å². The first-order valence-corrected chi connectivity index (χ1v) is 7.07. The summed E-state index contributed by atoms with van der Waals surface area (Å²) in [4.78, 5) is 34.9. The molecule has 0 saturated carbocycles. The Balaban J connectivity index is 2.55. The number of amides is 3. The minimum atomic E-state index is -2.56. The number of hydrogen-bond donors (Lipinski definition) is 7. The van der Waals surface area contributed by atoms with Crippen LogP contribution in [0.4, 0.5) is 5.69 Å². The lowest BCUT2D eigenvalue weighted by molar-refractivity contribution is -0.197. The van der Waals surface area contributed by atoms with E-state index in [1.54, 1.807) is 0 Å². The second kappa shape index (κ2) is 6.11. The molecule has 0 radical (unpaired) electrons. The van der Waals surface area contributed by atoms with E-state index in [0.29, 0.717) is 4.90 Å². The molecule has 2 unspecified atom stereocenters. The van der Waals surface area contributed by atoms with Crippen molar-refractivity contribution in [2.45, 2.75) is 31.7 Å². The van der Waals surface area contributed by atoms with Gasteiger partial charge in [-0.2, -0.15) is 0 Å². The van der Waals surface area contributed by atoms with Gasteiger partial charge in [0.05, 0.1) is 5.69 Å². The number of phenolic OH excluding ortho intramolecular Hbond substituents is 3. The molecule has 25 heavy (non-hydrogen) atoms. The van der Waals surface area contributed by atoms with Gasteiger partial charge in [0, 0.05) is 24.0 Å². The van der Waals surface area contributed by atoms with Crippen LogP contribution in [-0.2, 0) is 14.4 Å². The van der Waals surface area contributed by atoms with Crippen molar-refractivity contribution < 1.29 is 39.9 Å². The number of phenols is 3. The second-order valence-electron chi connectivity index (χ2n) is 5.58. The lowest BCUT2D eigenvalue weighted by Crippen LogP contribution is -2.63. The van der Waals surface area contributed by atoms with Crippen molar-refractivity contribution in [3.05, 3.63) is 11.1 Å². The number of nitrogens with one attached hydrogen (secondary N) is 1. The summed E-state index contributed by atoms with van der Waals surface area (Å²) in [6, 6.07) is 0. The SMILES string of the molecule is Cc1c(O)c(O)c(O)c(N)c1C(O)N(C=O)C1(O)CCC(=O)NC1=O. The third-order valence-corrected chi connectivity index (χ3v) is 4.13. The van der Waals surface area contributed by atoms with E-state index in [-0.39, 0.29) is 18.4 Å². The third kappa shape index (κ3) is 2.68. The molecule has 136 valence electrons. The minimum absolute atomic E-state index is 0.0418. The van der Waals surface area contributed by atoms with Crippen LogP contribution in [0.5, 0.6) is 17.2 Å². The highest BCUT2D eigenvalue weighted by Crippen LogP contribution is 2.47. The third-order valence-electron chi connectivity index (χ3n) is 4.13. The number of benzene rings is 1. The lowest BCUT2D eigenvalue weighted by Gasteiger charge is -2.40. The predicted molar refractivity (Wildman–Crippen MR) is 80.8 cm³/mol. The van der Waals surface area contributed by atoms with Gasteiger partial charge in [-0.1, -0.05) is 0 Å². The minimum Gasteiger partial charge on any atom is -0.504 e. The summed E-state index contributed by atoms with van der Waals surface area (Å²) in [5.74, 6) is -4.56. The van der Waals surface area contributed by atoms with E-state index in [1.165, 1.54) is 6.92 Å². The molecule has 1 fully saturated rings. The van der Waals surface area contributed by atoms with Crippen molar-refractivity contribution in [1.29, 1.82) is 0 Å². The van der Waals surface area contributed by atoms with Gasteiger partial charge in [-0.05, 0) is 6.92 Å². The summed E-state index contributed by atoms with van der Waals surface area (Å²) in [6.45, 7) is 1.22. The quantitative estimate of drug-likeness (QED) is 0.0820. The molecular weight excluding hydrogens is 338 g/mol. The number of rotatable bonds is 4. The Labute approximate surface area is 140 Å². The molecule has 1 aliphatic heterocycles. The zero-order chi connectivity index (χ0) is 19.1. The summed E-state index contributed by atoms with van der Waals surface area (Å²) in [5, 5.41) is 51.8. The standard InChI is InChI=1S/C14H17N3O8/c1-5-7(8(15)10(21)11(22)9(5)20)12(23)17(4-18)14(25)3-2-6(19)16-13(14)24/h4,12,20-23,25H,2-3,15H2,1H3,(H,16,19,24). The molecule has 0 aliphatic carbocycles. The summed E-state index contributed by atoms with van der Waals surface area (Å²) in [6.07, 6.45) is -2.89. The number of aromatic hydroxyl groups is 3. The van der Waals surface area contributed by atoms with Crippen LogP contribution in [0.2, 0.25) is 0 Å². The first-order valence-electron chi connectivity index (χ1n) is 7.07. The molecule has 1 aliphatic rings. The fourth-order valence-electron chi connectivity index (χ4n) is 2.63. The van der Waals surface area contributed by atoms with Crippen molar-refractivity contribution >= 4 is 23.9 Å². The number of piperidine rings is 1. The molecular formula is C14H17N3O8. The molecule has 1 heterocycles. The van der Waals surface area contributed by atoms with E-state index in [0.717, 1.165) is 0 Å². The van der Waals surface area contributed by atoms with Crippen molar-refractivity contribution in [1.82, 2.24) is 10.2 Å². The molecule has 3 amide bonds. The molecule has 0 bridgehead atoms. The van der Waals surface area contributed by atoms with Crippen molar-refractivity contribution in [2.24, 2.45) is 0 Å². The van der Waals surface area contributed by atoms with E-state index < -0.39 is 58.7 Å².